The molecule has 8 nitrogen and oxygen atoms in total. The molecule has 0 unspecified atom stereocenters. The van der Waals surface area contributed by atoms with Gasteiger partial charge in [0, 0.05) is 37.8 Å². The first-order chi connectivity index (χ1) is 16.2. The van der Waals surface area contributed by atoms with Crippen molar-refractivity contribution >= 4 is 22.8 Å². The maximum atomic E-state index is 13.0. The number of anilines is 1. The van der Waals surface area contributed by atoms with Gasteiger partial charge in [-0.15, -0.1) is 0 Å². The minimum Gasteiger partial charge on any atom is -0.494 e. The van der Waals surface area contributed by atoms with E-state index in [4.69, 9.17) is 4.74 Å². The number of carbonyl (C=O) groups excluding carboxylic acids is 1. The number of fused-ring (bicyclic) bond motifs is 1. The van der Waals surface area contributed by atoms with Gasteiger partial charge in [-0.1, -0.05) is 12.1 Å². The number of benzene rings is 2. The van der Waals surface area contributed by atoms with Crippen LogP contribution in [0.25, 0.3) is 22.3 Å². The summed E-state index contributed by atoms with van der Waals surface area (Å²) in [5, 5.41) is 0. The second kappa shape index (κ2) is 9.20. The van der Waals surface area contributed by atoms with Gasteiger partial charge in [0.1, 0.15) is 23.6 Å². The molecule has 1 aliphatic rings. The Morgan fingerprint density at radius 3 is 2.45 bits per heavy atom. The van der Waals surface area contributed by atoms with E-state index >= 15 is 0 Å². The summed E-state index contributed by atoms with van der Waals surface area (Å²) >= 11 is 0. The molecule has 1 amide bonds. The van der Waals surface area contributed by atoms with Crippen LogP contribution in [0, 0.1) is 0 Å². The van der Waals surface area contributed by atoms with Crippen LogP contribution in [0.15, 0.2) is 67.1 Å². The summed E-state index contributed by atoms with van der Waals surface area (Å²) in [7, 11) is 0. The highest BCUT2D eigenvalue weighted by molar-refractivity contribution is 5.94. The molecule has 2 aromatic carbocycles. The molecular weight excluding hydrogens is 416 g/mol. The fraction of sp³-hybridized carbons (Fsp3) is 0.240. The summed E-state index contributed by atoms with van der Waals surface area (Å²) in [6.45, 7) is 5.16. The summed E-state index contributed by atoms with van der Waals surface area (Å²) in [4.78, 5) is 34.7. The highest BCUT2D eigenvalue weighted by Crippen LogP contribution is 2.24. The van der Waals surface area contributed by atoms with Crippen LogP contribution in [0.5, 0.6) is 5.75 Å². The van der Waals surface area contributed by atoms with Crippen molar-refractivity contribution in [3.8, 4) is 17.0 Å². The Morgan fingerprint density at radius 1 is 0.939 bits per heavy atom. The molecule has 0 N–H and O–H groups in total. The lowest BCUT2D eigenvalue weighted by atomic mass is 10.1. The molecule has 1 fully saturated rings. The highest BCUT2D eigenvalue weighted by atomic mass is 16.5. The molecule has 0 aliphatic carbocycles. The van der Waals surface area contributed by atoms with Gasteiger partial charge < -0.3 is 14.5 Å². The quantitative estimate of drug-likeness (QED) is 0.470. The lowest BCUT2D eigenvalue weighted by Gasteiger charge is -2.35. The topological polar surface area (TPSA) is 84.3 Å². The molecule has 3 heterocycles. The third-order valence-electron chi connectivity index (χ3n) is 5.67. The molecule has 8 heteroatoms. The number of para-hydroxylation sites is 2. The summed E-state index contributed by atoms with van der Waals surface area (Å²) < 4.78 is 5.52. The van der Waals surface area contributed by atoms with Crippen LogP contribution in [0.2, 0.25) is 0 Å². The number of hydrogen-bond donors (Lipinski definition) is 0. The largest absolute Gasteiger partial charge is 0.494 e. The zero-order valence-electron chi connectivity index (χ0n) is 18.4. The van der Waals surface area contributed by atoms with Gasteiger partial charge in [-0.2, -0.15) is 0 Å². The van der Waals surface area contributed by atoms with E-state index < -0.39 is 0 Å². The van der Waals surface area contributed by atoms with Crippen molar-refractivity contribution in [3.05, 3.63) is 72.8 Å². The number of ether oxygens (including phenoxy) is 1. The summed E-state index contributed by atoms with van der Waals surface area (Å²) in [5.41, 5.74) is 3.75. The Balaban J connectivity index is 1.26. The lowest BCUT2D eigenvalue weighted by molar-refractivity contribution is 0.0740. The first-order valence-electron chi connectivity index (χ1n) is 11.0. The molecule has 0 spiro atoms. The van der Waals surface area contributed by atoms with E-state index in [0.717, 1.165) is 33.9 Å². The Bertz CT molecular complexity index is 1270. The van der Waals surface area contributed by atoms with Crippen LogP contribution in [0.1, 0.15) is 17.4 Å². The highest BCUT2D eigenvalue weighted by Gasteiger charge is 2.24. The van der Waals surface area contributed by atoms with Crippen molar-refractivity contribution in [1.82, 2.24) is 24.8 Å². The van der Waals surface area contributed by atoms with E-state index in [-0.39, 0.29) is 5.91 Å². The fourth-order valence-corrected chi connectivity index (χ4v) is 3.93. The van der Waals surface area contributed by atoms with E-state index in [1.165, 1.54) is 0 Å². The monoisotopic (exact) mass is 440 g/mol. The van der Waals surface area contributed by atoms with Crippen LogP contribution >= 0.6 is 0 Å². The molecule has 33 heavy (non-hydrogen) atoms. The molecule has 4 aromatic rings. The van der Waals surface area contributed by atoms with Crippen molar-refractivity contribution < 1.29 is 9.53 Å². The van der Waals surface area contributed by atoms with E-state index in [1.54, 1.807) is 12.5 Å². The van der Waals surface area contributed by atoms with Gasteiger partial charge >= 0.3 is 0 Å². The molecule has 0 bridgehead atoms. The molecular formula is C25H24N6O2. The summed E-state index contributed by atoms with van der Waals surface area (Å²) in [6.07, 6.45) is 3.15. The molecule has 0 radical (unpaired) electrons. The summed E-state index contributed by atoms with van der Waals surface area (Å²) in [6, 6.07) is 17.4. The standard InChI is InChI=1S/C25H24N6O2/c1-2-33-19-9-7-18(8-10-19)22-15-24(28-17-27-22)30-11-13-31(14-12-30)25(32)23-16-26-20-5-3-4-6-21(20)29-23/h3-10,15-17H,2,11-14H2,1H3. The number of nitrogens with zero attached hydrogens (tertiary/aromatic N) is 6. The molecule has 1 saturated heterocycles. The van der Waals surface area contributed by atoms with Crippen molar-refractivity contribution in [3.63, 3.8) is 0 Å². The number of carbonyl (C=O) groups is 1. The average molecular weight is 441 g/mol. The Labute approximate surface area is 191 Å². The minimum absolute atomic E-state index is 0.0920. The van der Waals surface area contributed by atoms with Crippen LogP contribution in [-0.4, -0.2) is 63.5 Å². The van der Waals surface area contributed by atoms with E-state index in [9.17, 15) is 4.79 Å². The van der Waals surface area contributed by atoms with Crippen molar-refractivity contribution in [2.24, 2.45) is 0 Å². The van der Waals surface area contributed by atoms with E-state index in [1.807, 2.05) is 66.4 Å². The number of hydrogen-bond acceptors (Lipinski definition) is 7. The van der Waals surface area contributed by atoms with Gasteiger partial charge in [-0.3, -0.25) is 9.78 Å². The van der Waals surface area contributed by atoms with Gasteiger partial charge in [0.15, 0.2) is 0 Å². The molecule has 166 valence electrons. The van der Waals surface area contributed by atoms with Gasteiger partial charge in [0.25, 0.3) is 5.91 Å². The van der Waals surface area contributed by atoms with Crippen LogP contribution in [0.3, 0.4) is 0 Å². The Hall–Kier alpha value is -4.07. The molecule has 2 aromatic heterocycles. The number of piperazine rings is 1. The SMILES string of the molecule is CCOc1ccc(-c2cc(N3CCN(C(=O)c4cnc5ccccc5n4)CC3)ncn2)cc1. The van der Waals surface area contributed by atoms with Gasteiger partial charge in [-0.25, -0.2) is 15.0 Å². The van der Waals surface area contributed by atoms with Crippen LogP contribution < -0.4 is 9.64 Å². The number of rotatable bonds is 5. The number of aromatic nitrogens is 4. The van der Waals surface area contributed by atoms with Crippen molar-refractivity contribution in [2.75, 3.05) is 37.7 Å². The third kappa shape index (κ3) is 4.45. The Kier molecular flexibility index (Phi) is 5.80. The maximum Gasteiger partial charge on any atom is 0.274 e. The predicted octanol–water partition coefficient (Wildman–Crippen LogP) is 3.45. The van der Waals surface area contributed by atoms with Gasteiger partial charge in [0.2, 0.25) is 0 Å². The zero-order chi connectivity index (χ0) is 22.6. The first kappa shape index (κ1) is 20.8. The first-order valence-corrected chi connectivity index (χ1v) is 11.0. The van der Waals surface area contributed by atoms with Crippen molar-refractivity contribution in [1.29, 1.82) is 0 Å². The Morgan fingerprint density at radius 2 is 1.70 bits per heavy atom. The van der Waals surface area contributed by atoms with Gasteiger partial charge in [0.05, 0.1) is 29.5 Å². The van der Waals surface area contributed by atoms with E-state index in [2.05, 4.69) is 24.8 Å². The smallest absolute Gasteiger partial charge is 0.274 e. The summed E-state index contributed by atoms with van der Waals surface area (Å²) in [5.74, 6) is 1.60. The normalized spacial score (nSPS) is 13.8. The van der Waals surface area contributed by atoms with E-state index in [0.29, 0.717) is 38.5 Å². The van der Waals surface area contributed by atoms with Crippen LogP contribution in [0.4, 0.5) is 5.82 Å². The second-order valence-electron chi connectivity index (χ2n) is 7.74. The molecule has 5 rings (SSSR count). The predicted molar refractivity (Wildman–Crippen MR) is 126 cm³/mol. The second-order valence-corrected chi connectivity index (χ2v) is 7.74. The molecule has 1 aliphatic heterocycles. The van der Waals surface area contributed by atoms with Crippen LogP contribution in [-0.2, 0) is 0 Å². The zero-order valence-corrected chi connectivity index (χ0v) is 18.4. The lowest BCUT2D eigenvalue weighted by Crippen LogP contribution is -2.49. The van der Waals surface area contributed by atoms with Gasteiger partial charge in [-0.05, 0) is 43.3 Å². The molecule has 0 saturated carbocycles. The van der Waals surface area contributed by atoms with Crippen molar-refractivity contribution in [2.45, 2.75) is 6.92 Å². The fourth-order valence-electron chi connectivity index (χ4n) is 3.93. The number of amides is 1. The molecule has 0 atom stereocenters. The maximum absolute atomic E-state index is 13.0. The average Bonchev–Trinajstić information content (AvgIpc) is 2.89. The minimum atomic E-state index is -0.0920. The third-order valence-corrected chi connectivity index (χ3v) is 5.67.